The Hall–Kier alpha value is -1.71. The lowest BCUT2D eigenvalue weighted by Crippen LogP contribution is -2.20. The molecule has 0 saturated carbocycles. The number of anilines is 1. The highest BCUT2D eigenvalue weighted by atomic mass is 35.5. The molecule has 2 aromatic carbocycles. The topological polar surface area (TPSA) is 38.3 Å². The molecule has 0 spiro atoms. The minimum absolute atomic E-state index is 0.107. The minimum atomic E-state index is -0.282. The molecule has 2 aromatic rings. The van der Waals surface area contributed by atoms with Crippen molar-refractivity contribution < 1.29 is 9.53 Å². The van der Waals surface area contributed by atoms with E-state index in [0.717, 1.165) is 5.56 Å². The summed E-state index contributed by atoms with van der Waals surface area (Å²) in [4.78, 5) is 11.8. The first kappa shape index (κ1) is 14.7. The van der Waals surface area contributed by atoms with Crippen molar-refractivity contribution >= 4 is 34.8 Å². The molecule has 1 amide bonds. The first-order valence-corrected chi connectivity index (χ1v) is 6.74. The van der Waals surface area contributed by atoms with Crippen molar-refractivity contribution in [3.05, 3.63) is 58.1 Å². The second-order valence-corrected chi connectivity index (χ2v) is 5.12. The van der Waals surface area contributed by atoms with E-state index in [1.807, 2.05) is 13.0 Å². The Morgan fingerprint density at radius 3 is 2.70 bits per heavy atom. The van der Waals surface area contributed by atoms with Crippen LogP contribution in [0.2, 0.25) is 10.0 Å². The summed E-state index contributed by atoms with van der Waals surface area (Å²) in [6.07, 6.45) is 0. The molecule has 20 heavy (non-hydrogen) atoms. The van der Waals surface area contributed by atoms with Gasteiger partial charge < -0.3 is 10.1 Å². The van der Waals surface area contributed by atoms with E-state index in [0.29, 0.717) is 21.5 Å². The molecular formula is C15H13Cl2NO2. The zero-order valence-corrected chi connectivity index (χ0v) is 12.3. The van der Waals surface area contributed by atoms with Crippen LogP contribution in [0.5, 0.6) is 5.75 Å². The van der Waals surface area contributed by atoms with E-state index >= 15 is 0 Å². The fourth-order valence-electron chi connectivity index (χ4n) is 1.61. The van der Waals surface area contributed by atoms with Gasteiger partial charge in [0, 0.05) is 5.02 Å². The molecule has 0 heterocycles. The van der Waals surface area contributed by atoms with Crippen molar-refractivity contribution in [2.45, 2.75) is 6.92 Å². The number of nitrogens with one attached hydrogen (secondary N) is 1. The second-order valence-electron chi connectivity index (χ2n) is 4.28. The van der Waals surface area contributed by atoms with Crippen molar-refractivity contribution in [3.8, 4) is 5.75 Å². The van der Waals surface area contributed by atoms with Gasteiger partial charge in [-0.3, -0.25) is 4.79 Å². The number of ether oxygens (including phenoxy) is 1. The summed E-state index contributed by atoms with van der Waals surface area (Å²) in [6.45, 7) is 1.82. The maximum atomic E-state index is 11.8. The molecule has 3 nitrogen and oxygen atoms in total. The molecular weight excluding hydrogens is 297 g/mol. The number of aryl methyl sites for hydroxylation is 1. The zero-order valence-electron chi connectivity index (χ0n) is 10.8. The van der Waals surface area contributed by atoms with Crippen LogP contribution in [-0.2, 0) is 4.79 Å². The Bertz CT molecular complexity index is 629. The summed E-state index contributed by atoms with van der Waals surface area (Å²) in [5.41, 5.74) is 1.60. The Morgan fingerprint density at radius 1 is 1.20 bits per heavy atom. The van der Waals surface area contributed by atoms with Crippen LogP contribution < -0.4 is 10.1 Å². The first-order chi connectivity index (χ1) is 9.54. The van der Waals surface area contributed by atoms with Crippen molar-refractivity contribution in [2.75, 3.05) is 11.9 Å². The molecule has 0 fully saturated rings. The van der Waals surface area contributed by atoms with E-state index in [1.54, 1.807) is 36.4 Å². The Labute approximate surface area is 127 Å². The number of rotatable bonds is 4. The lowest BCUT2D eigenvalue weighted by molar-refractivity contribution is -0.118. The van der Waals surface area contributed by atoms with E-state index in [4.69, 9.17) is 27.9 Å². The van der Waals surface area contributed by atoms with Gasteiger partial charge in [-0.15, -0.1) is 0 Å². The molecule has 0 radical (unpaired) electrons. The average Bonchev–Trinajstić information content (AvgIpc) is 2.40. The van der Waals surface area contributed by atoms with Crippen LogP contribution in [0.25, 0.3) is 0 Å². The molecule has 0 saturated heterocycles. The molecule has 104 valence electrons. The Kier molecular flexibility index (Phi) is 4.88. The smallest absolute Gasteiger partial charge is 0.262 e. The van der Waals surface area contributed by atoms with Crippen LogP contribution in [0, 0.1) is 6.92 Å². The Balaban J connectivity index is 1.92. The van der Waals surface area contributed by atoms with E-state index in [-0.39, 0.29) is 12.5 Å². The van der Waals surface area contributed by atoms with Crippen LogP contribution in [-0.4, -0.2) is 12.5 Å². The third-order valence-electron chi connectivity index (χ3n) is 2.56. The fourth-order valence-corrected chi connectivity index (χ4v) is 2.08. The molecule has 0 bridgehead atoms. The molecule has 0 aliphatic heterocycles. The van der Waals surface area contributed by atoms with Crippen molar-refractivity contribution in [2.24, 2.45) is 0 Å². The number of halogens is 2. The predicted octanol–water partition coefficient (Wildman–Crippen LogP) is 4.32. The third kappa shape index (κ3) is 4.15. The molecule has 1 N–H and O–H groups in total. The van der Waals surface area contributed by atoms with Gasteiger partial charge in [-0.05, 0) is 42.8 Å². The van der Waals surface area contributed by atoms with Crippen molar-refractivity contribution in [1.29, 1.82) is 0 Å². The van der Waals surface area contributed by atoms with Gasteiger partial charge in [0.15, 0.2) is 6.61 Å². The molecule has 2 rings (SSSR count). The largest absolute Gasteiger partial charge is 0.484 e. The van der Waals surface area contributed by atoms with Gasteiger partial charge in [0.1, 0.15) is 5.75 Å². The van der Waals surface area contributed by atoms with Crippen molar-refractivity contribution in [1.82, 2.24) is 0 Å². The fraction of sp³-hybridized carbons (Fsp3) is 0.133. The summed E-state index contributed by atoms with van der Waals surface area (Å²) in [6, 6.07) is 12.3. The van der Waals surface area contributed by atoms with Crippen LogP contribution in [0.3, 0.4) is 0 Å². The van der Waals surface area contributed by atoms with E-state index in [2.05, 4.69) is 5.32 Å². The summed E-state index contributed by atoms with van der Waals surface area (Å²) in [5.74, 6) is 0.262. The highest BCUT2D eigenvalue weighted by Crippen LogP contribution is 2.22. The van der Waals surface area contributed by atoms with Crippen LogP contribution >= 0.6 is 23.2 Å². The van der Waals surface area contributed by atoms with Gasteiger partial charge in [-0.2, -0.15) is 0 Å². The predicted molar refractivity (Wildman–Crippen MR) is 81.8 cm³/mol. The maximum Gasteiger partial charge on any atom is 0.262 e. The molecule has 5 heteroatoms. The standard InChI is InChI=1S/C15H13Cl2NO2/c1-10-5-6-14(13(17)7-10)18-15(19)9-20-12-4-2-3-11(16)8-12/h2-8H,9H2,1H3,(H,18,19). The van der Waals surface area contributed by atoms with Crippen LogP contribution in [0.1, 0.15) is 5.56 Å². The average molecular weight is 310 g/mol. The highest BCUT2D eigenvalue weighted by molar-refractivity contribution is 6.33. The summed E-state index contributed by atoms with van der Waals surface area (Å²) >= 11 is 11.9. The number of hydrogen-bond acceptors (Lipinski definition) is 2. The SMILES string of the molecule is Cc1ccc(NC(=O)COc2cccc(Cl)c2)c(Cl)c1. The summed E-state index contributed by atoms with van der Waals surface area (Å²) in [5, 5.41) is 3.75. The van der Waals surface area contributed by atoms with Gasteiger partial charge in [-0.1, -0.05) is 35.3 Å². The van der Waals surface area contributed by atoms with E-state index in [1.165, 1.54) is 0 Å². The Morgan fingerprint density at radius 2 is 2.00 bits per heavy atom. The van der Waals surface area contributed by atoms with E-state index < -0.39 is 0 Å². The summed E-state index contributed by atoms with van der Waals surface area (Å²) < 4.78 is 5.34. The highest BCUT2D eigenvalue weighted by Gasteiger charge is 2.07. The number of amides is 1. The third-order valence-corrected chi connectivity index (χ3v) is 3.11. The minimum Gasteiger partial charge on any atom is -0.484 e. The molecule has 0 atom stereocenters. The van der Waals surface area contributed by atoms with Gasteiger partial charge in [0.25, 0.3) is 5.91 Å². The van der Waals surface area contributed by atoms with Crippen molar-refractivity contribution in [3.63, 3.8) is 0 Å². The van der Waals surface area contributed by atoms with E-state index in [9.17, 15) is 4.79 Å². The monoisotopic (exact) mass is 309 g/mol. The number of benzene rings is 2. The second kappa shape index (κ2) is 6.64. The van der Waals surface area contributed by atoms with Gasteiger partial charge in [0.05, 0.1) is 10.7 Å². The maximum absolute atomic E-state index is 11.8. The zero-order chi connectivity index (χ0) is 14.5. The number of carbonyl (C=O) groups excluding carboxylic acids is 1. The summed E-state index contributed by atoms with van der Waals surface area (Å²) in [7, 11) is 0. The lowest BCUT2D eigenvalue weighted by Gasteiger charge is -2.09. The van der Waals surface area contributed by atoms with Gasteiger partial charge in [-0.25, -0.2) is 0 Å². The van der Waals surface area contributed by atoms with Gasteiger partial charge in [0.2, 0.25) is 0 Å². The quantitative estimate of drug-likeness (QED) is 0.913. The van der Waals surface area contributed by atoms with Crippen LogP contribution in [0.15, 0.2) is 42.5 Å². The first-order valence-electron chi connectivity index (χ1n) is 5.99. The molecule has 0 unspecified atom stereocenters. The number of carbonyl (C=O) groups is 1. The molecule has 0 aliphatic carbocycles. The molecule has 0 aliphatic rings. The molecule has 0 aromatic heterocycles. The number of hydrogen-bond donors (Lipinski definition) is 1. The normalized spacial score (nSPS) is 10.2. The lowest BCUT2D eigenvalue weighted by atomic mass is 10.2. The van der Waals surface area contributed by atoms with Gasteiger partial charge >= 0.3 is 0 Å². The van der Waals surface area contributed by atoms with Crippen LogP contribution in [0.4, 0.5) is 5.69 Å².